The highest BCUT2D eigenvalue weighted by Crippen LogP contribution is 2.19. The van der Waals surface area contributed by atoms with Crippen LogP contribution in [0.3, 0.4) is 0 Å². The Morgan fingerprint density at radius 2 is 1.44 bits per heavy atom. The number of rotatable bonds is 9. The van der Waals surface area contributed by atoms with Gasteiger partial charge in [-0.3, -0.25) is 4.79 Å². The highest BCUT2D eigenvalue weighted by atomic mass is 35.5. The second-order valence-corrected chi connectivity index (χ2v) is 9.89. The molecule has 0 spiro atoms. The van der Waals surface area contributed by atoms with Gasteiger partial charge in [-0.2, -0.15) is 0 Å². The van der Waals surface area contributed by atoms with Crippen molar-refractivity contribution in [2.45, 2.75) is 43.7 Å². The number of hydrogen-bond donors (Lipinski definition) is 2. The quantitative estimate of drug-likeness (QED) is 0.452. The zero-order chi connectivity index (χ0) is 23.1. The van der Waals surface area contributed by atoms with E-state index in [4.69, 9.17) is 11.6 Å². The third-order valence-electron chi connectivity index (χ3n) is 5.25. The summed E-state index contributed by atoms with van der Waals surface area (Å²) in [6.07, 6.45) is 0.834. The van der Waals surface area contributed by atoms with Crippen LogP contribution in [0.5, 0.6) is 0 Å². The van der Waals surface area contributed by atoms with E-state index in [1.165, 1.54) is 0 Å². The SMILES string of the molecule is C[C@H](NC(=O)CCc1ccc(S(=O)(=O)N[C@@H](C)c2ccccc2)cc1)c1ccc(Cl)cc1. The van der Waals surface area contributed by atoms with Gasteiger partial charge in [0.1, 0.15) is 0 Å². The van der Waals surface area contributed by atoms with Crippen LogP contribution < -0.4 is 10.0 Å². The molecule has 0 saturated carbocycles. The van der Waals surface area contributed by atoms with E-state index in [2.05, 4.69) is 10.0 Å². The first kappa shape index (κ1) is 24.0. The zero-order valence-corrected chi connectivity index (χ0v) is 19.7. The Kier molecular flexibility index (Phi) is 8.07. The van der Waals surface area contributed by atoms with Gasteiger partial charge in [-0.15, -0.1) is 0 Å². The molecule has 0 heterocycles. The van der Waals surface area contributed by atoms with Crippen LogP contribution in [0, 0.1) is 0 Å². The lowest BCUT2D eigenvalue weighted by Gasteiger charge is -2.15. The first-order chi connectivity index (χ1) is 15.2. The summed E-state index contributed by atoms with van der Waals surface area (Å²) in [6.45, 7) is 3.73. The van der Waals surface area contributed by atoms with Crippen molar-refractivity contribution in [2.75, 3.05) is 0 Å². The molecule has 1 amide bonds. The highest BCUT2D eigenvalue weighted by molar-refractivity contribution is 7.89. The molecule has 0 aliphatic rings. The lowest BCUT2D eigenvalue weighted by Crippen LogP contribution is -2.27. The van der Waals surface area contributed by atoms with Crippen molar-refractivity contribution < 1.29 is 13.2 Å². The first-order valence-electron chi connectivity index (χ1n) is 10.5. The summed E-state index contributed by atoms with van der Waals surface area (Å²) in [4.78, 5) is 12.5. The molecular formula is C25H27ClN2O3S. The number of amides is 1. The van der Waals surface area contributed by atoms with Gasteiger partial charge >= 0.3 is 0 Å². The smallest absolute Gasteiger partial charge is 0.241 e. The van der Waals surface area contributed by atoms with E-state index in [0.717, 1.165) is 16.7 Å². The van der Waals surface area contributed by atoms with Crippen molar-refractivity contribution in [3.05, 3.63) is 101 Å². The normalized spacial score (nSPS) is 13.3. The van der Waals surface area contributed by atoms with Crippen molar-refractivity contribution >= 4 is 27.5 Å². The number of aryl methyl sites for hydroxylation is 1. The van der Waals surface area contributed by atoms with Crippen molar-refractivity contribution in [2.24, 2.45) is 0 Å². The van der Waals surface area contributed by atoms with E-state index in [-0.39, 0.29) is 22.9 Å². The van der Waals surface area contributed by atoms with Crippen molar-refractivity contribution in [1.82, 2.24) is 10.0 Å². The Hall–Kier alpha value is -2.67. The third-order valence-corrected chi connectivity index (χ3v) is 7.06. The molecule has 0 saturated heterocycles. The van der Waals surface area contributed by atoms with Crippen LogP contribution >= 0.6 is 11.6 Å². The largest absolute Gasteiger partial charge is 0.350 e. The second-order valence-electron chi connectivity index (χ2n) is 7.74. The summed E-state index contributed by atoms with van der Waals surface area (Å²) < 4.78 is 28.1. The van der Waals surface area contributed by atoms with Crippen molar-refractivity contribution in [1.29, 1.82) is 0 Å². The number of benzene rings is 3. The van der Waals surface area contributed by atoms with Crippen LogP contribution in [-0.2, 0) is 21.2 Å². The minimum absolute atomic E-state index is 0.0671. The fraction of sp³-hybridized carbons (Fsp3) is 0.240. The maximum Gasteiger partial charge on any atom is 0.241 e. The summed E-state index contributed by atoms with van der Waals surface area (Å²) >= 11 is 5.90. The van der Waals surface area contributed by atoms with Gasteiger partial charge in [0.15, 0.2) is 0 Å². The molecule has 2 atom stereocenters. The van der Waals surface area contributed by atoms with Crippen LogP contribution in [0.25, 0.3) is 0 Å². The van der Waals surface area contributed by atoms with E-state index in [0.29, 0.717) is 17.9 Å². The number of carbonyl (C=O) groups excluding carboxylic acids is 1. The van der Waals surface area contributed by atoms with Crippen LogP contribution in [0.1, 0.15) is 49.0 Å². The molecule has 3 aromatic rings. The van der Waals surface area contributed by atoms with Gasteiger partial charge in [-0.25, -0.2) is 13.1 Å². The second kappa shape index (κ2) is 10.8. The minimum Gasteiger partial charge on any atom is -0.350 e. The lowest BCUT2D eigenvalue weighted by atomic mass is 10.1. The summed E-state index contributed by atoms with van der Waals surface area (Å²) in [6, 6.07) is 23.0. The number of hydrogen-bond acceptors (Lipinski definition) is 3. The maximum atomic E-state index is 12.7. The average molecular weight is 471 g/mol. The molecule has 0 aromatic heterocycles. The van der Waals surface area contributed by atoms with Gasteiger partial charge in [-0.05, 0) is 61.2 Å². The van der Waals surface area contributed by atoms with Crippen LogP contribution in [0.2, 0.25) is 5.02 Å². The predicted molar refractivity (Wildman–Crippen MR) is 128 cm³/mol. The van der Waals surface area contributed by atoms with Gasteiger partial charge in [0.2, 0.25) is 15.9 Å². The molecule has 2 N–H and O–H groups in total. The number of halogens is 1. The summed E-state index contributed by atoms with van der Waals surface area (Å²) in [5.41, 5.74) is 2.77. The van der Waals surface area contributed by atoms with Crippen molar-refractivity contribution in [3.8, 4) is 0 Å². The van der Waals surface area contributed by atoms with Gasteiger partial charge in [-0.1, -0.05) is 66.2 Å². The van der Waals surface area contributed by atoms with E-state index in [1.54, 1.807) is 36.4 Å². The molecule has 0 fully saturated rings. The molecule has 0 radical (unpaired) electrons. The highest BCUT2D eigenvalue weighted by Gasteiger charge is 2.18. The Balaban J connectivity index is 1.53. The van der Waals surface area contributed by atoms with Crippen LogP contribution in [0.4, 0.5) is 0 Å². The standard InChI is InChI=1S/C25H27ClN2O3S/c1-18(22-11-13-23(26)14-12-22)27-25(29)17-10-20-8-15-24(16-9-20)32(30,31)28-19(2)21-6-4-3-5-7-21/h3-9,11-16,18-19,28H,10,17H2,1-2H3,(H,27,29)/t18-,19-/m0/s1. The zero-order valence-electron chi connectivity index (χ0n) is 18.1. The van der Waals surface area contributed by atoms with Crippen LogP contribution in [0.15, 0.2) is 83.8 Å². The molecule has 7 heteroatoms. The molecule has 0 unspecified atom stereocenters. The van der Waals surface area contributed by atoms with E-state index in [9.17, 15) is 13.2 Å². The van der Waals surface area contributed by atoms with E-state index in [1.807, 2.05) is 56.3 Å². The summed E-state index contributed by atoms with van der Waals surface area (Å²) in [7, 11) is -3.64. The minimum atomic E-state index is -3.64. The Labute approximate surface area is 194 Å². The molecule has 5 nitrogen and oxygen atoms in total. The van der Waals surface area contributed by atoms with Crippen LogP contribution in [-0.4, -0.2) is 14.3 Å². The molecule has 0 aliphatic heterocycles. The van der Waals surface area contributed by atoms with E-state index >= 15 is 0 Å². The lowest BCUT2D eigenvalue weighted by molar-refractivity contribution is -0.121. The first-order valence-corrected chi connectivity index (χ1v) is 12.3. The molecular weight excluding hydrogens is 444 g/mol. The average Bonchev–Trinajstić information content (AvgIpc) is 2.78. The predicted octanol–water partition coefficient (Wildman–Crippen LogP) is 5.19. The monoisotopic (exact) mass is 470 g/mol. The summed E-state index contributed by atoms with van der Waals surface area (Å²) in [5, 5.41) is 3.63. The fourth-order valence-electron chi connectivity index (χ4n) is 3.35. The van der Waals surface area contributed by atoms with Gasteiger partial charge in [0.05, 0.1) is 10.9 Å². The molecule has 168 valence electrons. The topological polar surface area (TPSA) is 75.3 Å². The molecule has 32 heavy (non-hydrogen) atoms. The Morgan fingerprint density at radius 3 is 2.06 bits per heavy atom. The Morgan fingerprint density at radius 1 is 0.844 bits per heavy atom. The van der Waals surface area contributed by atoms with Gasteiger partial charge in [0, 0.05) is 17.5 Å². The van der Waals surface area contributed by atoms with Gasteiger partial charge < -0.3 is 5.32 Å². The summed E-state index contributed by atoms with van der Waals surface area (Å²) in [5.74, 6) is -0.0671. The molecule has 3 aromatic carbocycles. The molecule has 3 rings (SSSR count). The van der Waals surface area contributed by atoms with Crippen molar-refractivity contribution in [3.63, 3.8) is 0 Å². The number of carbonyl (C=O) groups is 1. The fourth-order valence-corrected chi connectivity index (χ4v) is 4.71. The molecule has 0 aliphatic carbocycles. The third kappa shape index (κ3) is 6.66. The Bertz CT molecular complexity index is 1130. The van der Waals surface area contributed by atoms with E-state index < -0.39 is 10.0 Å². The molecule has 0 bridgehead atoms. The van der Waals surface area contributed by atoms with Gasteiger partial charge in [0.25, 0.3) is 0 Å². The number of sulfonamides is 1. The maximum absolute atomic E-state index is 12.7. The number of nitrogens with one attached hydrogen (secondary N) is 2.